The van der Waals surface area contributed by atoms with Crippen LogP contribution in [0.5, 0.6) is 0 Å². The van der Waals surface area contributed by atoms with E-state index in [4.69, 9.17) is 19.2 Å². The highest BCUT2D eigenvalue weighted by Crippen LogP contribution is 2.23. The normalized spacial score (nSPS) is 13.8. The molecule has 0 aliphatic heterocycles. The van der Waals surface area contributed by atoms with E-state index >= 15 is 0 Å². The summed E-state index contributed by atoms with van der Waals surface area (Å²) in [4.78, 5) is 26.5. The van der Waals surface area contributed by atoms with Gasteiger partial charge >= 0.3 is 5.97 Å². The highest BCUT2D eigenvalue weighted by Gasteiger charge is 2.29. The summed E-state index contributed by atoms with van der Waals surface area (Å²) >= 11 is 0. The minimum atomic E-state index is -0.755. The summed E-state index contributed by atoms with van der Waals surface area (Å²) in [6.07, 6.45) is -0.260. The second-order valence-electron chi connectivity index (χ2n) is 4.70. The monoisotopic (exact) mass is 249 g/mol. The first kappa shape index (κ1) is 16.3. The maximum absolute atomic E-state index is 11.7. The van der Waals surface area contributed by atoms with Crippen LogP contribution in [0.4, 0.5) is 0 Å². The van der Waals surface area contributed by atoms with Gasteiger partial charge in [0.25, 0.3) is 0 Å². The zero-order valence-corrected chi connectivity index (χ0v) is 11.5. The molecular formula is C11H23NO5. The molecule has 6 heteroatoms. The van der Waals surface area contributed by atoms with E-state index < -0.39 is 12.1 Å². The first-order valence-electron chi connectivity index (χ1n) is 5.55. The first-order chi connectivity index (χ1) is 7.84. The Labute approximate surface area is 103 Å². The molecule has 0 saturated carbocycles. The number of esters is 1. The lowest BCUT2D eigenvalue weighted by Gasteiger charge is -2.26. The quantitative estimate of drug-likeness (QED) is 0.505. The molecule has 1 atom stereocenters. The van der Waals surface area contributed by atoms with Gasteiger partial charge in [-0.05, 0) is 18.8 Å². The van der Waals surface area contributed by atoms with Crippen molar-refractivity contribution in [3.8, 4) is 0 Å². The van der Waals surface area contributed by atoms with E-state index in [1.165, 1.54) is 14.2 Å². The summed E-state index contributed by atoms with van der Waals surface area (Å²) in [5, 5.41) is 0.785. The predicted molar refractivity (Wildman–Crippen MR) is 61.4 cm³/mol. The maximum atomic E-state index is 11.7. The number of carbonyl (C=O) groups excluding carboxylic acids is 1. The summed E-state index contributed by atoms with van der Waals surface area (Å²) < 4.78 is 4.94. The second kappa shape index (κ2) is 7.60. The molecule has 0 saturated heterocycles. The average Bonchev–Trinajstić information content (AvgIpc) is 2.22. The molecular weight excluding hydrogens is 226 g/mol. The lowest BCUT2D eigenvalue weighted by Crippen LogP contribution is -2.37. The van der Waals surface area contributed by atoms with Gasteiger partial charge in [0.05, 0.1) is 26.2 Å². The second-order valence-corrected chi connectivity index (χ2v) is 4.70. The van der Waals surface area contributed by atoms with Crippen molar-refractivity contribution in [2.75, 3.05) is 20.8 Å². The van der Waals surface area contributed by atoms with E-state index in [2.05, 4.69) is 0 Å². The Kier molecular flexibility index (Phi) is 7.29. The van der Waals surface area contributed by atoms with Crippen LogP contribution in [0.25, 0.3) is 0 Å². The molecule has 0 bridgehead atoms. The van der Waals surface area contributed by atoms with Gasteiger partial charge in [0.1, 0.15) is 0 Å². The molecule has 0 aromatic carbocycles. The van der Waals surface area contributed by atoms with E-state index in [0.29, 0.717) is 13.0 Å². The molecule has 0 heterocycles. The molecule has 0 fully saturated rings. The van der Waals surface area contributed by atoms with Crippen molar-refractivity contribution in [1.82, 2.24) is 5.39 Å². The van der Waals surface area contributed by atoms with Crippen molar-refractivity contribution in [2.45, 2.75) is 40.2 Å². The molecule has 0 N–H and O–H groups in total. The van der Waals surface area contributed by atoms with Gasteiger partial charge in [-0.1, -0.05) is 20.8 Å². The van der Waals surface area contributed by atoms with Crippen LogP contribution in [-0.2, 0) is 24.0 Å². The molecule has 0 aromatic rings. The smallest absolute Gasteiger partial charge is 0.337 e. The highest BCUT2D eigenvalue weighted by molar-refractivity contribution is 5.74. The zero-order valence-electron chi connectivity index (χ0n) is 11.5. The van der Waals surface area contributed by atoms with E-state index in [0.717, 1.165) is 5.39 Å². The average molecular weight is 249 g/mol. The van der Waals surface area contributed by atoms with Gasteiger partial charge in [-0.25, -0.2) is 9.63 Å². The third-order valence-corrected chi connectivity index (χ3v) is 1.86. The Balaban J connectivity index is 4.55. The van der Waals surface area contributed by atoms with E-state index in [-0.39, 0.29) is 5.41 Å². The summed E-state index contributed by atoms with van der Waals surface area (Å²) in [5.41, 5.74) is -0.0788. The number of hydrogen-bond acceptors (Lipinski definition) is 6. The molecule has 0 radical (unpaired) electrons. The molecule has 0 aliphatic rings. The molecule has 102 valence electrons. The lowest BCUT2D eigenvalue weighted by atomic mass is 9.89. The molecule has 0 spiro atoms. The van der Waals surface area contributed by atoms with Crippen molar-refractivity contribution >= 4 is 5.97 Å². The number of hydrogen-bond donors (Lipinski definition) is 0. The minimum Gasteiger partial charge on any atom is -0.464 e. The van der Waals surface area contributed by atoms with Crippen molar-refractivity contribution in [1.29, 1.82) is 0 Å². The van der Waals surface area contributed by atoms with Gasteiger partial charge in [-0.3, -0.25) is 9.68 Å². The third kappa shape index (κ3) is 7.27. The van der Waals surface area contributed by atoms with Gasteiger partial charge in [0, 0.05) is 0 Å². The number of ether oxygens (including phenoxy) is 1. The molecule has 17 heavy (non-hydrogen) atoms. The molecule has 0 rings (SSSR count). The van der Waals surface area contributed by atoms with Crippen molar-refractivity contribution < 1.29 is 24.0 Å². The van der Waals surface area contributed by atoms with Crippen LogP contribution in [-0.4, -0.2) is 38.3 Å². The highest BCUT2D eigenvalue weighted by atomic mass is 17.2. The summed E-state index contributed by atoms with van der Waals surface area (Å²) in [5.74, 6) is -0.429. The fourth-order valence-electron chi connectivity index (χ4n) is 1.22. The number of nitrogens with zero attached hydrogens (tertiary/aromatic N) is 1. The van der Waals surface area contributed by atoms with Gasteiger partial charge < -0.3 is 4.74 Å². The van der Waals surface area contributed by atoms with Crippen molar-refractivity contribution in [3.05, 3.63) is 0 Å². The fraction of sp³-hybridized carbons (Fsp3) is 0.909. The van der Waals surface area contributed by atoms with Crippen LogP contribution in [0.15, 0.2) is 0 Å². The Bertz CT molecular complexity index is 222. The van der Waals surface area contributed by atoms with Crippen LogP contribution in [0.2, 0.25) is 0 Å². The lowest BCUT2D eigenvalue weighted by molar-refractivity contribution is -0.519. The van der Waals surface area contributed by atoms with Crippen LogP contribution >= 0.6 is 0 Å². The molecule has 1 unspecified atom stereocenters. The standard InChI is InChI=1S/C11H23NO5/c1-7-16-10(13)9(8-11(2,3)4)17-12(14-5)15-6/h9H,7-8H2,1-6H3. The summed E-state index contributed by atoms with van der Waals surface area (Å²) in [6, 6.07) is 0. The largest absolute Gasteiger partial charge is 0.464 e. The minimum absolute atomic E-state index is 0.0788. The Morgan fingerprint density at radius 3 is 2.12 bits per heavy atom. The summed E-state index contributed by atoms with van der Waals surface area (Å²) in [6.45, 7) is 8.07. The Morgan fingerprint density at radius 2 is 1.76 bits per heavy atom. The molecule has 0 aliphatic carbocycles. The molecule has 0 aromatic heterocycles. The number of carbonyl (C=O) groups is 1. The first-order valence-corrected chi connectivity index (χ1v) is 5.55. The Hall–Kier alpha value is -0.690. The van der Waals surface area contributed by atoms with Crippen LogP contribution < -0.4 is 0 Å². The van der Waals surface area contributed by atoms with Gasteiger partial charge in [-0.2, -0.15) is 0 Å². The van der Waals surface area contributed by atoms with Crippen LogP contribution in [0.1, 0.15) is 34.1 Å². The summed E-state index contributed by atoms with van der Waals surface area (Å²) in [7, 11) is 2.76. The SMILES string of the molecule is CCOC(=O)C(CC(C)(C)C)ON(OC)OC. The van der Waals surface area contributed by atoms with E-state index in [1.807, 2.05) is 20.8 Å². The molecule has 0 amide bonds. The third-order valence-electron chi connectivity index (χ3n) is 1.86. The van der Waals surface area contributed by atoms with Crippen molar-refractivity contribution in [3.63, 3.8) is 0 Å². The van der Waals surface area contributed by atoms with Crippen molar-refractivity contribution in [2.24, 2.45) is 5.41 Å². The zero-order chi connectivity index (χ0) is 13.5. The fourth-order valence-corrected chi connectivity index (χ4v) is 1.22. The molecule has 6 nitrogen and oxygen atoms in total. The van der Waals surface area contributed by atoms with E-state index in [9.17, 15) is 4.79 Å². The van der Waals surface area contributed by atoms with E-state index in [1.54, 1.807) is 6.92 Å². The number of rotatable bonds is 7. The van der Waals surface area contributed by atoms with Gasteiger partial charge in [0.2, 0.25) is 0 Å². The predicted octanol–water partition coefficient (Wildman–Crippen LogP) is 1.71. The topological polar surface area (TPSA) is 57.2 Å². The van der Waals surface area contributed by atoms with Gasteiger partial charge in [-0.15, -0.1) is 0 Å². The van der Waals surface area contributed by atoms with Crippen LogP contribution in [0.3, 0.4) is 0 Å². The van der Waals surface area contributed by atoms with Crippen LogP contribution in [0, 0.1) is 5.41 Å². The maximum Gasteiger partial charge on any atom is 0.337 e. The Morgan fingerprint density at radius 1 is 1.24 bits per heavy atom. The van der Waals surface area contributed by atoms with Gasteiger partial charge in [0.15, 0.2) is 6.10 Å².